The van der Waals surface area contributed by atoms with Crippen LogP contribution in [0.2, 0.25) is 0 Å². The average Bonchev–Trinajstić information content (AvgIpc) is 2.88. The zero-order chi connectivity index (χ0) is 15.7. The highest BCUT2D eigenvalue weighted by Gasteiger charge is 2.49. The third-order valence-corrected chi connectivity index (χ3v) is 5.97. The van der Waals surface area contributed by atoms with E-state index in [0.717, 1.165) is 38.8 Å². The third kappa shape index (κ3) is 2.96. The van der Waals surface area contributed by atoms with E-state index in [1.165, 1.54) is 12.0 Å². The first-order chi connectivity index (χ1) is 11.3. The summed E-state index contributed by atoms with van der Waals surface area (Å²) in [4.78, 5) is 16.0. The van der Waals surface area contributed by atoms with Crippen LogP contribution in [0.5, 0.6) is 0 Å². The minimum absolute atomic E-state index is 0. The van der Waals surface area contributed by atoms with E-state index in [4.69, 9.17) is 4.74 Å². The van der Waals surface area contributed by atoms with E-state index in [-0.39, 0.29) is 17.8 Å². The van der Waals surface area contributed by atoms with Crippen molar-refractivity contribution in [3.8, 4) is 0 Å². The fourth-order valence-corrected chi connectivity index (χ4v) is 4.66. The van der Waals surface area contributed by atoms with Gasteiger partial charge in [0.15, 0.2) is 0 Å². The molecule has 3 heterocycles. The molecule has 1 aromatic carbocycles. The molecule has 3 aliphatic rings. The zero-order valence-corrected chi connectivity index (χ0v) is 14.9. The summed E-state index contributed by atoms with van der Waals surface area (Å²) in [6, 6.07) is 11.2. The van der Waals surface area contributed by atoms with Gasteiger partial charge in [0.1, 0.15) is 0 Å². The number of fused-ring (bicyclic) bond motifs is 2. The lowest BCUT2D eigenvalue weighted by atomic mass is 9.72. The van der Waals surface area contributed by atoms with Crippen molar-refractivity contribution in [3.63, 3.8) is 0 Å². The van der Waals surface area contributed by atoms with Crippen molar-refractivity contribution >= 4 is 18.3 Å². The van der Waals surface area contributed by atoms with E-state index < -0.39 is 0 Å². The monoisotopic (exact) mass is 350 g/mol. The first kappa shape index (κ1) is 17.7. The first-order valence-corrected chi connectivity index (χ1v) is 8.98. The molecule has 3 fully saturated rings. The predicted octanol–water partition coefficient (Wildman–Crippen LogP) is 2.51. The van der Waals surface area contributed by atoms with E-state index in [1.807, 2.05) is 6.07 Å². The fraction of sp³-hybridized carbons (Fsp3) is 0.632. The maximum absolute atomic E-state index is 13.7. The Morgan fingerprint density at radius 2 is 1.79 bits per heavy atom. The molecule has 0 saturated carbocycles. The van der Waals surface area contributed by atoms with Crippen LogP contribution < -0.4 is 5.32 Å². The van der Waals surface area contributed by atoms with E-state index in [1.54, 1.807) is 0 Å². The van der Waals surface area contributed by atoms with Crippen molar-refractivity contribution in [3.05, 3.63) is 35.9 Å². The maximum Gasteiger partial charge on any atom is 0.233 e. The molecule has 1 aromatic rings. The van der Waals surface area contributed by atoms with Crippen LogP contribution in [-0.2, 0) is 14.9 Å². The lowest BCUT2D eigenvalue weighted by Crippen LogP contribution is -2.54. The molecule has 0 radical (unpaired) electrons. The average molecular weight is 351 g/mol. The van der Waals surface area contributed by atoms with Gasteiger partial charge in [-0.1, -0.05) is 30.3 Å². The van der Waals surface area contributed by atoms with Gasteiger partial charge in [0, 0.05) is 31.8 Å². The van der Waals surface area contributed by atoms with Gasteiger partial charge in [-0.25, -0.2) is 0 Å². The second kappa shape index (κ2) is 7.42. The van der Waals surface area contributed by atoms with E-state index >= 15 is 0 Å². The number of hydrogen-bond donors (Lipinski definition) is 1. The van der Waals surface area contributed by atoms with Crippen LogP contribution in [0, 0.1) is 0 Å². The predicted molar refractivity (Wildman–Crippen MR) is 96.6 cm³/mol. The lowest BCUT2D eigenvalue weighted by molar-refractivity contribution is -0.144. The number of nitrogens with one attached hydrogen (secondary N) is 1. The largest absolute Gasteiger partial charge is 0.381 e. The molecule has 1 N–H and O–H groups in total. The number of carbonyl (C=O) groups is 1. The molecule has 0 aromatic heterocycles. The minimum Gasteiger partial charge on any atom is -0.381 e. The smallest absolute Gasteiger partial charge is 0.233 e. The first-order valence-electron chi connectivity index (χ1n) is 8.98. The molecule has 3 saturated heterocycles. The van der Waals surface area contributed by atoms with Gasteiger partial charge in [0.25, 0.3) is 0 Å². The Morgan fingerprint density at radius 1 is 1.08 bits per heavy atom. The van der Waals surface area contributed by atoms with Crippen LogP contribution >= 0.6 is 12.4 Å². The van der Waals surface area contributed by atoms with Gasteiger partial charge >= 0.3 is 0 Å². The number of benzene rings is 1. The molecule has 2 unspecified atom stereocenters. The number of halogens is 1. The summed E-state index contributed by atoms with van der Waals surface area (Å²) in [6.45, 7) is 3.35. The standard InChI is InChI=1S/C19H26N2O2.ClH/c22-18(21-16-6-7-17(21)14-20-11-8-16)19(9-12-23-13-10-19)15-4-2-1-3-5-15;/h1-5,16-17,20H,6-14H2;1H. The van der Waals surface area contributed by atoms with Crippen molar-refractivity contribution in [1.29, 1.82) is 0 Å². The van der Waals surface area contributed by atoms with Gasteiger partial charge < -0.3 is 15.0 Å². The Bertz CT molecular complexity index is 546. The molecule has 2 bridgehead atoms. The maximum atomic E-state index is 13.7. The Balaban J connectivity index is 0.00000169. The van der Waals surface area contributed by atoms with Crippen molar-refractivity contribution in [2.24, 2.45) is 0 Å². The Morgan fingerprint density at radius 3 is 2.54 bits per heavy atom. The Hall–Kier alpha value is -1.10. The Labute approximate surface area is 150 Å². The molecule has 3 aliphatic heterocycles. The van der Waals surface area contributed by atoms with Crippen LogP contribution in [0.4, 0.5) is 0 Å². The summed E-state index contributed by atoms with van der Waals surface area (Å²) in [6.07, 6.45) is 5.01. The van der Waals surface area contributed by atoms with Gasteiger partial charge in [-0.05, 0) is 44.2 Å². The Kier molecular flexibility index (Phi) is 5.48. The zero-order valence-electron chi connectivity index (χ0n) is 14.1. The molecular weight excluding hydrogens is 324 g/mol. The number of ether oxygens (including phenoxy) is 1. The topological polar surface area (TPSA) is 41.6 Å². The van der Waals surface area contributed by atoms with Gasteiger partial charge in [-0.3, -0.25) is 4.79 Å². The number of rotatable bonds is 2. The highest BCUT2D eigenvalue weighted by molar-refractivity contribution is 5.89. The number of carbonyl (C=O) groups excluding carboxylic acids is 1. The van der Waals surface area contributed by atoms with Crippen LogP contribution in [0.25, 0.3) is 0 Å². The van der Waals surface area contributed by atoms with Crippen molar-refractivity contribution < 1.29 is 9.53 Å². The van der Waals surface area contributed by atoms with Gasteiger partial charge in [0.05, 0.1) is 5.41 Å². The van der Waals surface area contributed by atoms with Gasteiger partial charge in [-0.2, -0.15) is 0 Å². The molecule has 24 heavy (non-hydrogen) atoms. The molecule has 5 heteroatoms. The summed E-state index contributed by atoms with van der Waals surface area (Å²) in [7, 11) is 0. The second-order valence-corrected chi connectivity index (χ2v) is 7.15. The molecule has 4 nitrogen and oxygen atoms in total. The van der Waals surface area contributed by atoms with Crippen molar-refractivity contribution in [1.82, 2.24) is 10.2 Å². The second-order valence-electron chi connectivity index (χ2n) is 7.15. The minimum atomic E-state index is -0.384. The SMILES string of the molecule is Cl.O=C(N1C2CCNCC1CC2)C1(c2ccccc2)CCOCC1. The molecule has 0 aliphatic carbocycles. The quantitative estimate of drug-likeness (QED) is 0.891. The van der Waals surface area contributed by atoms with Crippen LogP contribution in [0.1, 0.15) is 37.7 Å². The summed E-state index contributed by atoms with van der Waals surface area (Å²) in [5.41, 5.74) is 0.787. The summed E-state index contributed by atoms with van der Waals surface area (Å²) in [5, 5.41) is 3.50. The summed E-state index contributed by atoms with van der Waals surface area (Å²) >= 11 is 0. The van der Waals surface area contributed by atoms with Gasteiger partial charge in [0.2, 0.25) is 5.91 Å². The summed E-state index contributed by atoms with van der Waals surface area (Å²) < 4.78 is 5.59. The van der Waals surface area contributed by atoms with Crippen LogP contribution in [0.15, 0.2) is 30.3 Å². The fourth-order valence-electron chi connectivity index (χ4n) is 4.66. The molecule has 0 spiro atoms. The number of amides is 1. The highest BCUT2D eigenvalue weighted by atomic mass is 35.5. The third-order valence-electron chi connectivity index (χ3n) is 5.97. The highest BCUT2D eigenvalue weighted by Crippen LogP contribution is 2.40. The normalized spacial score (nSPS) is 28.8. The van der Waals surface area contributed by atoms with E-state index in [0.29, 0.717) is 31.2 Å². The number of nitrogens with zero attached hydrogens (tertiary/aromatic N) is 1. The molecule has 1 amide bonds. The van der Waals surface area contributed by atoms with Crippen molar-refractivity contribution in [2.45, 2.75) is 49.6 Å². The number of hydrogen-bond acceptors (Lipinski definition) is 3. The van der Waals surface area contributed by atoms with Gasteiger partial charge in [-0.15, -0.1) is 12.4 Å². The lowest BCUT2D eigenvalue weighted by Gasteiger charge is -2.42. The molecule has 4 rings (SSSR count). The molecule has 2 atom stereocenters. The molecule has 132 valence electrons. The van der Waals surface area contributed by atoms with Crippen LogP contribution in [0.3, 0.4) is 0 Å². The van der Waals surface area contributed by atoms with E-state index in [2.05, 4.69) is 34.5 Å². The van der Waals surface area contributed by atoms with Crippen molar-refractivity contribution in [2.75, 3.05) is 26.3 Å². The van der Waals surface area contributed by atoms with Crippen LogP contribution in [-0.4, -0.2) is 49.2 Å². The molecular formula is C19H27ClN2O2. The summed E-state index contributed by atoms with van der Waals surface area (Å²) in [5.74, 6) is 0.350. The van der Waals surface area contributed by atoms with E-state index in [9.17, 15) is 4.79 Å².